The molecule has 72 valence electrons. The van der Waals surface area contributed by atoms with Crippen LogP contribution in [0.3, 0.4) is 0 Å². The Morgan fingerprint density at radius 1 is 1.31 bits per heavy atom. The van der Waals surface area contributed by atoms with Crippen molar-refractivity contribution in [2.45, 2.75) is 19.6 Å². The van der Waals surface area contributed by atoms with Crippen LogP contribution in [0.15, 0.2) is 11.5 Å². The standard InChI is InChI=1S/C7H9NO5/c1-7(2)12-5(10)3(4(8)9)6(11)13-7/h9H,8H2,1-2H3. The number of esters is 2. The molecule has 13 heavy (non-hydrogen) atoms. The van der Waals surface area contributed by atoms with E-state index in [0.717, 1.165) is 0 Å². The smallest absolute Gasteiger partial charge is 0.354 e. The number of aliphatic hydroxyl groups is 1. The van der Waals surface area contributed by atoms with Crippen LogP contribution in [0.5, 0.6) is 0 Å². The van der Waals surface area contributed by atoms with Crippen LogP contribution in [0, 0.1) is 0 Å². The summed E-state index contributed by atoms with van der Waals surface area (Å²) in [5.41, 5.74) is 4.20. The Kier molecular flexibility index (Phi) is 1.91. The van der Waals surface area contributed by atoms with E-state index >= 15 is 0 Å². The van der Waals surface area contributed by atoms with Gasteiger partial charge in [0.15, 0.2) is 0 Å². The van der Waals surface area contributed by atoms with Gasteiger partial charge in [0.2, 0.25) is 11.5 Å². The van der Waals surface area contributed by atoms with Crippen molar-refractivity contribution in [2.75, 3.05) is 0 Å². The number of hydrogen-bond donors (Lipinski definition) is 2. The predicted molar refractivity (Wildman–Crippen MR) is 40.1 cm³/mol. The molecule has 0 spiro atoms. The Bertz CT molecular complexity index is 278. The number of carbonyl (C=O) groups excluding carboxylic acids is 2. The van der Waals surface area contributed by atoms with Crippen LogP contribution in [-0.2, 0) is 19.1 Å². The van der Waals surface area contributed by atoms with Crippen LogP contribution in [0.25, 0.3) is 0 Å². The molecule has 0 aromatic heterocycles. The normalized spacial score (nSPS) is 20.6. The molecular formula is C7H9NO5. The predicted octanol–water partition coefficient (Wildman–Crippen LogP) is -0.449. The van der Waals surface area contributed by atoms with Crippen molar-refractivity contribution in [3.63, 3.8) is 0 Å². The Balaban J connectivity index is 3.04. The van der Waals surface area contributed by atoms with Crippen molar-refractivity contribution in [3.8, 4) is 0 Å². The number of nitrogens with two attached hydrogens (primary N) is 1. The summed E-state index contributed by atoms with van der Waals surface area (Å²) in [5.74, 6) is -4.18. The largest absolute Gasteiger partial charge is 0.494 e. The van der Waals surface area contributed by atoms with E-state index in [0.29, 0.717) is 0 Å². The molecule has 0 aromatic rings. The van der Waals surface area contributed by atoms with Gasteiger partial charge in [-0.2, -0.15) is 0 Å². The summed E-state index contributed by atoms with van der Waals surface area (Å²) < 4.78 is 9.28. The molecule has 0 bridgehead atoms. The molecule has 0 saturated carbocycles. The minimum Gasteiger partial charge on any atom is -0.494 e. The van der Waals surface area contributed by atoms with Gasteiger partial charge in [0, 0.05) is 13.8 Å². The minimum atomic E-state index is -1.31. The van der Waals surface area contributed by atoms with Crippen molar-refractivity contribution in [3.05, 3.63) is 11.5 Å². The third-order valence-electron chi connectivity index (χ3n) is 1.34. The zero-order chi connectivity index (χ0) is 10.2. The SMILES string of the molecule is CC1(C)OC(=O)C(=C(N)O)C(=O)O1. The van der Waals surface area contributed by atoms with E-state index in [1.165, 1.54) is 13.8 Å². The van der Waals surface area contributed by atoms with E-state index in [4.69, 9.17) is 10.8 Å². The number of hydrogen-bond acceptors (Lipinski definition) is 6. The van der Waals surface area contributed by atoms with Crippen LogP contribution in [0.1, 0.15) is 13.8 Å². The van der Waals surface area contributed by atoms with E-state index in [9.17, 15) is 9.59 Å². The highest BCUT2D eigenvalue weighted by molar-refractivity contribution is 6.15. The average molecular weight is 187 g/mol. The Labute approximate surface area is 73.9 Å². The third kappa shape index (κ3) is 1.71. The second kappa shape index (κ2) is 2.65. The zero-order valence-corrected chi connectivity index (χ0v) is 7.16. The highest BCUT2D eigenvalue weighted by atomic mass is 16.7. The van der Waals surface area contributed by atoms with Crippen LogP contribution in [0.2, 0.25) is 0 Å². The fourth-order valence-electron chi connectivity index (χ4n) is 0.862. The van der Waals surface area contributed by atoms with Crippen LogP contribution < -0.4 is 5.73 Å². The van der Waals surface area contributed by atoms with Gasteiger partial charge in [-0.1, -0.05) is 0 Å². The lowest BCUT2D eigenvalue weighted by Gasteiger charge is -2.29. The maximum atomic E-state index is 11.0. The molecule has 1 rings (SSSR count). The van der Waals surface area contributed by atoms with E-state index in [1.54, 1.807) is 0 Å². The fraction of sp³-hybridized carbons (Fsp3) is 0.429. The summed E-state index contributed by atoms with van der Waals surface area (Å²) in [4.78, 5) is 22.1. The first kappa shape index (κ1) is 9.37. The molecule has 0 amide bonds. The molecule has 6 nitrogen and oxygen atoms in total. The summed E-state index contributed by atoms with van der Waals surface area (Å²) in [7, 11) is 0. The number of rotatable bonds is 0. The molecule has 1 heterocycles. The lowest BCUT2D eigenvalue weighted by atomic mass is 10.2. The molecule has 0 aromatic carbocycles. The highest BCUT2D eigenvalue weighted by Crippen LogP contribution is 2.22. The first-order valence-corrected chi connectivity index (χ1v) is 3.49. The highest BCUT2D eigenvalue weighted by Gasteiger charge is 2.40. The van der Waals surface area contributed by atoms with Crippen molar-refractivity contribution in [1.82, 2.24) is 0 Å². The number of ether oxygens (including phenoxy) is 2. The molecule has 0 atom stereocenters. The molecule has 3 N–H and O–H groups in total. The van der Waals surface area contributed by atoms with Gasteiger partial charge < -0.3 is 20.3 Å². The monoisotopic (exact) mass is 187 g/mol. The molecule has 1 aliphatic rings. The quantitative estimate of drug-likeness (QED) is 0.230. The van der Waals surface area contributed by atoms with Crippen molar-refractivity contribution in [2.24, 2.45) is 5.73 Å². The molecule has 1 saturated heterocycles. The van der Waals surface area contributed by atoms with E-state index in [1.807, 2.05) is 0 Å². The Hall–Kier alpha value is -1.72. The molecule has 0 aliphatic carbocycles. The molecule has 1 fully saturated rings. The van der Waals surface area contributed by atoms with E-state index in [2.05, 4.69) is 9.47 Å². The minimum absolute atomic E-state index is 0.667. The summed E-state index contributed by atoms with van der Waals surface area (Å²) in [5, 5.41) is 8.74. The fourth-order valence-corrected chi connectivity index (χ4v) is 0.862. The molecular weight excluding hydrogens is 178 g/mol. The van der Waals surface area contributed by atoms with E-state index in [-0.39, 0.29) is 0 Å². The van der Waals surface area contributed by atoms with Gasteiger partial charge in [-0.15, -0.1) is 0 Å². The summed E-state index contributed by atoms with van der Waals surface area (Å²) >= 11 is 0. The van der Waals surface area contributed by atoms with Gasteiger partial charge in [0.1, 0.15) is 0 Å². The summed E-state index contributed by atoms with van der Waals surface area (Å²) in [6.45, 7) is 2.79. The maximum Gasteiger partial charge on any atom is 0.354 e. The van der Waals surface area contributed by atoms with Crippen LogP contribution >= 0.6 is 0 Å². The van der Waals surface area contributed by atoms with E-state index < -0.39 is 29.2 Å². The third-order valence-corrected chi connectivity index (χ3v) is 1.34. The van der Waals surface area contributed by atoms with Gasteiger partial charge in [0.05, 0.1) is 0 Å². The Morgan fingerprint density at radius 3 is 2.00 bits per heavy atom. The molecule has 6 heteroatoms. The topological polar surface area (TPSA) is 98.9 Å². The van der Waals surface area contributed by atoms with Gasteiger partial charge in [-0.3, -0.25) is 0 Å². The van der Waals surface area contributed by atoms with Crippen LogP contribution in [-0.4, -0.2) is 22.8 Å². The average Bonchev–Trinajstić information content (AvgIpc) is 1.78. The lowest BCUT2D eigenvalue weighted by Crippen LogP contribution is -2.42. The van der Waals surface area contributed by atoms with Gasteiger partial charge in [-0.05, 0) is 0 Å². The summed E-state index contributed by atoms with van der Waals surface area (Å²) in [6.07, 6.45) is 0. The zero-order valence-electron chi connectivity index (χ0n) is 7.16. The second-order valence-electron chi connectivity index (χ2n) is 2.94. The Morgan fingerprint density at radius 2 is 1.69 bits per heavy atom. The van der Waals surface area contributed by atoms with Crippen molar-refractivity contribution in [1.29, 1.82) is 0 Å². The van der Waals surface area contributed by atoms with Gasteiger partial charge in [0.25, 0.3) is 5.79 Å². The number of carbonyl (C=O) groups is 2. The molecule has 1 aliphatic heterocycles. The maximum absolute atomic E-state index is 11.0. The summed E-state index contributed by atoms with van der Waals surface area (Å²) in [6, 6.07) is 0. The van der Waals surface area contributed by atoms with Gasteiger partial charge in [-0.25, -0.2) is 9.59 Å². The molecule has 0 radical (unpaired) electrons. The molecule has 0 unspecified atom stereocenters. The first-order valence-electron chi connectivity index (χ1n) is 3.49. The second-order valence-corrected chi connectivity index (χ2v) is 2.94. The first-order chi connectivity index (χ1) is 5.83. The van der Waals surface area contributed by atoms with Crippen molar-refractivity contribution < 1.29 is 24.2 Å². The number of cyclic esters (lactones) is 2. The lowest BCUT2D eigenvalue weighted by molar-refractivity contribution is -0.222. The van der Waals surface area contributed by atoms with Gasteiger partial charge >= 0.3 is 11.9 Å². The number of aliphatic hydroxyl groups excluding tert-OH is 1. The van der Waals surface area contributed by atoms with Crippen molar-refractivity contribution >= 4 is 11.9 Å². The van der Waals surface area contributed by atoms with Crippen LogP contribution in [0.4, 0.5) is 0 Å².